The predicted octanol–water partition coefficient (Wildman–Crippen LogP) is 8.83. The summed E-state index contributed by atoms with van der Waals surface area (Å²) in [6, 6.07) is 36.7. The van der Waals surface area contributed by atoms with E-state index >= 15 is 0 Å². The first kappa shape index (κ1) is 36.5. The summed E-state index contributed by atoms with van der Waals surface area (Å²) in [5.74, 6) is 1.08. The third-order valence-corrected chi connectivity index (χ3v) is 9.38. The molecule has 0 aliphatic rings. The maximum Gasteiger partial charge on any atom is 0.230 e. The molecule has 1 unspecified atom stereocenters. The highest BCUT2D eigenvalue weighted by Gasteiger charge is 2.24. The van der Waals surface area contributed by atoms with Crippen LogP contribution in [0.5, 0.6) is 0 Å². The molecule has 0 aliphatic carbocycles. The van der Waals surface area contributed by atoms with Gasteiger partial charge in [0.1, 0.15) is 16.2 Å². The Bertz CT molecular complexity index is 1740. The SMILES string of the molecule is CC.CC(C)(C)C(=O)Nc1cccc(Br)n1.CC(C)(C)C(=O)Nc1cccc(P(c2ccccc2)c2cccc3ccccc23)n1. The number of fused-ring (bicyclic) bond motifs is 1. The summed E-state index contributed by atoms with van der Waals surface area (Å²) in [5, 5.41) is 10.7. The van der Waals surface area contributed by atoms with Crippen molar-refractivity contribution in [2.24, 2.45) is 10.8 Å². The molecule has 0 aliphatic heterocycles. The number of hydrogen-bond acceptors (Lipinski definition) is 4. The first-order chi connectivity index (χ1) is 21.8. The van der Waals surface area contributed by atoms with Gasteiger partial charge in [0.2, 0.25) is 11.8 Å². The smallest absolute Gasteiger partial charge is 0.230 e. The molecule has 0 radical (unpaired) electrons. The number of anilines is 2. The monoisotopic (exact) mass is 698 g/mol. The largest absolute Gasteiger partial charge is 0.310 e. The maximum atomic E-state index is 12.5. The number of hydrogen-bond donors (Lipinski definition) is 2. The molecule has 5 rings (SSSR count). The first-order valence-electron chi connectivity index (χ1n) is 15.4. The molecular formula is C38H44BrN4O2P. The molecule has 0 saturated carbocycles. The molecule has 1 atom stereocenters. The average molecular weight is 700 g/mol. The van der Waals surface area contributed by atoms with Crippen molar-refractivity contribution in [2.75, 3.05) is 10.6 Å². The van der Waals surface area contributed by atoms with Crippen LogP contribution in [0.3, 0.4) is 0 Å². The zero-order chi connectivity index (χ0) is 33.9. The Labute approximate surface area is 283 Å². The normalized spacial score (nSPS) is 11.7. The van der Waals surface area contributed by atoms with Gasteiger partial charge in [0.05, 0.1) is 5.44 Å². The van der Waals surface area contributed by atoms with Gasteiger partial charge >= 0.3 is 0 Å². The Balaban J connectivity index is 0.000000303. The molecule has 2 amide bonds. The maximum absolute atomic E-state index is 12.5. The summed E-state index contributed by atoms with van der Waals surface area (Å²) in [6.45, 7) is 15.3. The van der Waals surface area contributed by atoms with E-state index in [4.69, 9.17) is 4.98 Å². The van der Waals surface area contributed by atoms with Gasteiger partial charge in [-0.05, 0) is 61.6 Å². The predicted molar refractivity (Wildman–Crippen MR) is 200 cm³/mol. The second-order valence-electron chi connectivity index (χ2n) is 12.3. The molecule has 2 aromatic heterocycles. The molecular weight excluding hydrogens is 655 g/mol. The van der Waals surface area contributed by atoms with Gasteiger partial charge in [0.25, 0.3) is 0 Å². The van der Waals surface area contributed by atoms with Crippen LogP contribution in [-0.4, -0.2) is 21.8 Å². The van der Waals surface area contributed by atoms with Crippen LogP contribution in [-0.2, 0) is 9.59 Å². The highest BCUT2D eigenvalue weighted by molar-refractivity contribution is 9.10. The van der Waals surface area contributed by atoms with E-state index < -0.39 is 18.8 Å². The number of rotatable bonds is 5. The van der Waals surface area contributed by atoms with Crippen molar-refractivity contribution in [1.82, 2.24) is 9.97 Å². The second-order valence-corrected chi connectivity index (χ2v) is 15.2. The van der Waals surface area contributed by atoms with E-state index in [1.54, 1.807) is 6.07 Å². The molecule has 3 aromatic carbocycles. The third-order valence-electron chi connectivity index (χ3n) is 6.55. The lowest BCUT2D eigenvalue weighted by atomic mass is 9.96. The second kappa shape index (κ2) is 16.6. The Morgan fingerprint density at radius 1 is 0.609 bits per heavy atom. The van der Waals surface area contributed by atoms with Crippen LogP contribution in [0.25, 0.3) is 10.8 Å². The quantitative estimate of drug-likeness (QED) is 0.142. The minimum atomic E-state index is -0.877. The van der Waals surface area contributed by atoms with E-state index in [9.17, 15) is 9.59 Å². The van der Waals surface area contributed by atoms with Gasteiger partial charge in [0, 0.05) is 18.8 Å². The van der Waals surface area contributed by atoms with Crippen LogP contribution in [0.2, 0.25) is 0 Å². The van der Waals surface area contributed by atoms with Crippen LogP contribution < -0.4 is 26.7 Å². The Kier molecular flexibility index (Phi) is 13.2. The fraction of sp³-hybridized carbons (Fsp3) is 0.263. The molecule has 2 N–H and O–H groups in total. The first-order valence-corrected chi connectivity index (χ1v) is 17.5. The molecule has 0 spiro atoms. The van der Waals surface area contributed by atoms with Crippen molar-refractivity contribution >= 4 is 74.1 Å². The van der Waals surface area contributed by atoms with E-state index in [0.717, 1.165) is 5.44 Å². The zero-order valence-corrected chi connectivity index (χ0v) is 30.4. The number of nitrogens with one attached hydrogen (secondary N) is 2. The van der Waals surface area contributed by atoms with Crippen LogP contribution in [0.4, 0.5) is 11.6 Å². The van der Waals surface area contributed by atoms with E-state index in [-0.39, 0.29) is 11.8 Å². The molecule has 240 valence electrons. The summed E-state index contributed by atoms with van der Waals surface area (Å²) < 4.78 is 0.712. The van der Waals surface area contributed by atoms with E-state index in [2.05, 4.69) is 104 Å². The number of pyridine rings is 2. The number of carbonyl (C=O) groups is 2. The van der Waals surface area contributed by atoms with Crippen molar-refractivity contribution in [3.05, 3.63) is 114 Å². The van der Waals surface area contributed by atoms with Gasteiger partial charge in [-0.2, -0.15) is 0 Å². The molecule has 0 bridgehead atoms. The van der Waals surface area contributed by atoms with Crippen molar-refractivity contribution in [3.8, 4) is 0 Å². The number of aromatic nitrogens is 2. The van der Waals surface area contributed by atoms with Crippen LogP contribution in [0.1, 0.15) is 55.4 Å². The van der Waals surface area contributed by atoms with Crippen molar-refractivity contribution in [1.29, 1.82) is 0 Å². The summed E-state index contributed by atoms with van der Waals surface area (Å²) in [6.07, 6.45) is 0. The van der Waals surface area contributed by atoms with Gasteiger partial charge in [-0.15, -0.1) is 0 Å². The van der Waals surface area contributed by atoms with E-state index in [1.165, 1.54) is 21.4 Å². The van der Waals surface area contributed by atoms with Gasteiger partial charge in [0.15, 0.2) is 0 Å². The van der Waals surface area contributed by atoms with E-state index in [1.807, 2.05) is 85.7 Å². The fourth-order valence-corrected chi connectivity index (χ4v) is 6.80. The minimum absolute atomic E-state index is 0.0388. The van der Waals surface area contributed by atoms with Gasteiger partial charge in [-0.25, -0.2) is 9.97 Å². The molecule has 8 heteroatoms. The molecule has 5 aromatic rings. The van der Waals surface area contributed by atoms with Crippen LogP contribution in [0, 0.1) is 10.8 Å². The fourth-order valence-electron chi connectivity index (χ4n) is 4.08. The summed E-state index contributed by atoms with van der Waals surface area (Å²) in [7, 11) is -0.877. The van der Waals surface area contributed by atoms with Gasteiger partial charge < -0.3 is 10.6 Å². The van der Waals surface area contributed by atoms with Crippen molar-refractivity contribution < 1.29 is 9.59 Å². The van der Waals surface area contributed by atoms with E-state index in [0.29, 0.717) is 16.2 Å². The summed E-state index contributed by atoms with van der Waals surface area (Å²) >= 11 is 3.24. The lowest BCUT2D eigenvalue weighted by Gasteiger charge is -2.21. The Morgan fingerprint density at radius 2 is 1.11 bits per heavy atom. The zero-order valence-electron chi connectivity index (χ0n) is 27.9. The third kappa shape index (κ3) is 10.3. The Hall–Kier alpha value is -3.93. The topological polar surface area (TPSA) is 84.0 Å². The molecule has 6 nitrogen and oxygen atoms in total. The molecule has 46 heavy (non-hydrogen) atoms. The Morgan fingerprint density at radius 3 is 1.70 bits per heavy atom. The van der Waals surface area contributed by atoms with Crippen molar-refractivity contribution in [3.63, 3.8) is 0 Å². The highest BCUT2D eigenvalue weighted by atomic mass is 79.9. The van der Waals surface area contributed by atoms with Crippen LogP contribution >= 0.6 is 23.9 Å². The number of carbonyl (C=O) groups excluding carboxylic acids is 2. The van der Waals surface area contributed by atoms with Crippen molar-refractivity contribution in [2.45, 2.75) is 55.4 Å². The number of amides is 2. The lowest BCUT2D eigenvalue weighted by Crippen LogP contribution is -2.29. The lowest BCUT2D eigenvalue weighted by molar-refractivity contribution is -0.123. The molecule has 0 saturated heterocycles. The summed E-state index contributed by atoms with van der Waals surface area (Å²) in [5.41, 5.74) is 0.0980. The number of nitrogens with zero attached hydrogens (tertiary/aromatic N) is 2. The van der Waals surface area contributed by atoms with Gasteiger partial charge in [-0.1, -0.05) is 140 Å². The molecule has 0 fully saturated rings. The van der Waals surface area contributed by atoms with Gasteiger partial charge in [-0.3, -0.25) is 9.59 Å². The highest BCUT2D eigenvalue weighted by Crippen LogP contribution is 2.35. The minimum Gasteiger partial charge on any atom is -0.310 e. The average Bonchev–Trinajstić information content (AvgIpc) is 3.02. The number of halogens is 1. The summed E-state index contributed by atoms with van der Waals surface area (Å²) in [4.78, 5) is 33.1. The standard InChI is InChI=1S/C26H25N2OP.C10H13BrN2O.C2H6/c1-26(2,3)25(29)28-23-17-10-18-24(27-23)30(20-13-5-4-6-14-20)22-16-9-12-19-11-7-8-15-21(19)22;1-10(2,3)9(14)13-8-6-4-5-7(11)12-8;1-2/h4-18H,1-3H3,(H,27,28,29);4-6H,1-3H3,(H,12,13,14);1-2H3. The molecule has 2 heterocycles. The van der Waals surface area contributed by atoms with Crippen LogP contribution in [0.15, 0.2) is 114 Å². The number of benzene rings is 3.